The number of pyridine rings is 2. The number of aromatic nitrogens is 2. The monoisotopic (exact) mass is 386 g/mol. The third-order valence-electron chi connectivity index (χ3n) is 5.22. The summed E-state index contributed by atoms with van der Waals surface area (Å²) in [5.74, 6) is -1.14. The largest absolute Gasteiger partial charge is 0.365 e. The van der Waals surface area contributed by atoms with E-state index in [1.807, 2.05) is 19.9 Å². The van der Waals surface area contributed by atoms with Crippen molar-refractivity contribution in [2.75, 3.05) is 10.6 Å². The maximum absolute atomic E-state index is 14.6. The van der Waals surface area contributed by atoms with Gasteiger partial charge in [-0.25, -0.2) is 9.37 Å². The van der Waals surface area contributed by atoms with Gasteiger partial charge in [0.25, 0.3) is 5.91 Å². The number of primary amides is 1. The Morgan fingerprint density at radius 1 is 1.29 bits per heavy atom. The Morgan fingerprint density at radius 2 is 2.04 bits per heavy atom. The SMILES string of the molecule is CCc1cc(Nc2nc(N[C@@H]3CCCC[C@@H]3N)c(F)cc2C(N)=O)cnc1C. The molecule has 0 unspecified atom stereocenters. The van der Waals surface area contributed by atoms with Gasteiger partial charge in [-0.1, -0.05) is 19.8 Å². The molecule has 150 valence electrons. The summed E-state index contributed by atoms with van der Waals surface area (Å²) in [5, 5.41) is 6.16. The van der Waals surface area contributed by atoms with Crippen molar-refractivity contribution in [3.8, 4) is 0 Å². The Balaban J connectivity index is 1.93. The van der Waals surface area contributed by atoms with Gasteiger partial charge in [0.15, 0.2) is 11.6 Å². The number of carbonyl (C=O) groups is 1. The molecule has 2 atom stereocenters. The van der Waals surface area contributed by atoms with E-state index >= 15 is 0 Å². The molecule has 0 aromatic carbocycles. The lowest BCUT2D eigenvalue weighted by atomic mass is 9.91. The Labute approximate surface area is 164 Å². The highest BCUT2D eigenvalue weighted by atomic mass is 19.1. The summed E-state index contributed by atoms with van der Waals surface area (Å²) in [7, 11) is 0. The summed E-state index contributed by atoms with van der Waals surface area (Å²) in [6.07, 6.45) is 6.31. The van der Waals surface area contributed by atoms with Crippen molar-refractivity contribution >= 4 is 23.2 Å². The molecule has 0 bridgehead atoms. The first-order valence-electron chi connectivity index (χ1n) is 9.64. The zero-order valence-corrected chi connectivity index (χ0v) is 16.3. The summed E-state index contributed by atoms with van der Waals surface area (Å²) in [5.41, 5.74) is 14.2. The fraction of sp³-hybridized carbons (Fsp3) is 0.450. The van der Waals surface area contributed by atoms with Crippen LogP contribution in [0.1, 0.15) is 54.2 Å². The van der Waals surface area contributed by atoms with E-state index in [4.69, 9.17) is 11.5 Å². The molecule has 1 aliphatic carbocycles. The van der Waals surface area contributed by atoms with Crippen molar-refractivity contribution in [2.45, 2.75) is 58.0 Å². The molecule has 7 nitrogen and oxygen atoms in total. The van der Waals surface area contributed by atoms with Crippen LogP contribution < -0.4 is 22.1 Å². The number of nitrogens with one attached hydrogen (secondary N) is 2. The number of anilines is 3. The van der Waals surface area contributed by atoms with E-state index in [-0.39, 0.29) is 29.3 Å². The van der Waals surface area contributed by atoms with Crippen LogP contribution in [0.2, 0.25) is 0 Å². The number of hydrogen-bond acceptors (Lipinski definition) is 6. The number of rotatable bonds is 6. The summed E-state index contributed by atoms with van der Waals surface area (Å²) in [6, 6.07) is 2.92. The molecule has 1 amide bonds. The zero-order valence-electron chi connectivity index (χ0n) is 16.3. The van der Waals surface area contributed by atoms with Gasteiger partial charge >= 0.3 is 0 Å². The van der Waals surface area contributed by atoms with Gasteiger partial charge in [-0.05, 0) is 43.9 Å². The lowest BCUT2D eigenvalue weighted by Gasteiger charge is -2.30. The molecule has 0 radical (unpaired) electrons. The maximum Gasteiger partial charge on any atom is 0.252 e. The van der Waals surface area contributed by atoms with Crippen LogP contribution in [0.25, 0.3) is 0 Å². The summed E-state index contributed by atoms with van der Waals surface area (Å²) >= 11 is 0. The Bertz CT molecular complexity index is 872. The number of hydrogen-bond donors (Lipinski definition) is 4. The van der Waals surface area contributed by atoms with Crippen LogP contribution in [0, 0.1) is 12.7 Å². The number of carbonyl (C=O) groups excluding carboxylic acids is 1. The lowest BCUT2D eigenvalue weighted by Crippen LogP contribution is -2.43. The summed E-state index contributed by atoms with van der Waals surface area (Å²) in [6.45, 7) is 3.97. The van der Waals surface area contributed by atoms with Gasteiger partial charge in [0.05, 0.1) is 17.4 Å². The molecule has 0 spiro atoms. The number of nitrogens with two attached hydrogens (primary N) is 2. The standard InChI is InChI=1S/C20H27FN6O/c1-3-12-8-13(10-24-11(12)2)25-19-14(18(23)28)9-15(21)20(27-19)26-17-7-5-4-6-16(17)22/h8-10,16-17H,3-7,22H2,1-2H3,(H2,23,28)(H2,25,26,27)/t16-,17+/m0/s1. The number of aryl methyl sites for hydroxylation is 2. The summed E-state index contributed by atoms with van der Waals surface area (Å²) < 4.78 is 14.6. The van der Waals surface area contributed by atoms with Crippen molar-refractivity contribution in [1.82, 2.24) is 9.97 Å². The van der Waals surface area contributed by atoms with Crippen LogP contribution in [0.3, 0.4) is 0 Å². The highest BCUT2D eigenvalue weighted by Crippen LogP contribution is 2.27. The average molecular weight is 386 g/mol. The third kappa shape index (κ3) is 4.39. The highest BCUT2D eigenvalue weighted by Gasteiger charge is 2.24. The molecule has 8 heteroatoms. The fourth-order valence-electron chi connectivity index (χ4n) is 3.53. The highest BCUT2D eigenvalue weighted by molar-refractivity contribution is 5.98. The predicted octanol–water partition coefficient (Wildman–Crippen LogP) is 3.01. The molecule has 2 heterocycles. The quantitative estimate of drug-likeness (QED) is 0.606. The zero-order chi connectivity index (χ0) is 20.3. The van der Waals surface area contributed by atoms with Crippen LogP contribution in [-0.4, -0.2) is 28.0 Å². The van der Waals surface area contributed by atoms with Crippen LogP contribution in [-0.2, 0) is 6.42 Å². The van der Waals surface area contributed by atoms with Gasteiger partial charge in [-0.2, -0.15) is 0 Å². The molecule has 0 saturated heterocycles. The van der Waals surface area contributed by atoms with Crippen molar-refractivity contribution in [1.29, 1.82) is 0 Å². The fourth-order valence-corrected chi connectivity index (χ4v) is 3.53. The number of nitrogens with zero attached hydrogens (tertiary/aromatic N) is 2. The first-order chi connectivity index (χ1) is 13.4. The van der Waals surface area contributed by atoms with Crippen LogP contribution in [0.5, 0.6) is 0 Å². The van der Waals surface area contributed by atoms with E-state index in [0.29, 0.717) is 5.69 Å². The summed E-state index contributed by atoms with van der Waals surface area (Å²) in [4.78, 5) is 20.5. The number of halogens is 1. The van der Waals surface area contributed by atoms with E-state index in [1.54, 1.807) is 6.20 Å². The predicted molar refractivity (Wildman–Crippen MR) is 108 cm³/mol. The Morgan fingerprint density at radius 3 is 2.71 bits per heavy atom. The topological polar surface area (TPSA) is 119 Å². The molecular formula is C20H27FN6O. The van der Waals surface area contributed by atoms with Gasteiger partial charge in [-0.3, -0.25) is 9.78 Å². The second-order valence-electron chi connectivity index (χ2n) is 7.23. The van der Waals surface area contributed by atoms with Gasteiger partial charge in [0, 0.05) is 17.8 Å². The van der Waals surface area contributed by atoms with Crippen molar-refractivity contribution in [2.24, 2.45) is 11.5 Å². The van der Waals surface area contributed by atoms with Crippen LogP contribution >= 0.6 is 0 Å². The van der Waals surface area contributed by atoms with Crippen molar-refractivity contribution in [3.63, 3.8) is 0 Å². The second kappa shape index (κ2) is 8.52. The molecule has 0 aliphatic heterocycles. The first kappa shape index (κ1) is 20.0. The number of amides is 1. The molecule has 3 rings (SSSR count). The first-order valence-corrected chi connectivity index (χ1v) is 9.64. The van der Waals surface area contributed by atoms with Gasteiger partial charge in [0.1, 0.15) is 5.82 Å². The van der Waals surface area contributed by atoms with Gasteiger partial charge < -0.3 is 22.1 Å². The van der Waals surface area contributed by atoms with E-state index in [2.05, 4.69) is 20.6 Å². The van der Waals surface area contributed by atoms with Gasteiger partial charge in [0.2, 0.25) is 0 Å². The van der Waals surface area contributed by atoms with E-state index in [9.17, 15) is 9.18 Å². The minimum Gasteiger partial charge on any atom is -0.365 e. The van der Waals surface area contributed by atoms with E-state index < -0.39 is 11.7 Å². The van der Waals surface area contributed by atoms with E-state index in [0.717, 1.165) is 49.4 Å². The lowest BCUT2D eigenvalue weighted by molar-refractivity contribution is 0.100. The molecule has 6 N–H and O–H groups in total. The van der Waals surface area contributed by atoms with Gasteiger partial charge in [-0.15, -0.1) is 0 Å². The minimum atomic E-state index is -0.759. The van der Waals surface area contributed by atoms with Crippen LogP contribution in [0.15, 0.2) is 18.3 Å². The molecule has 1 fully saturated rings. The van der Waals surface area contributed by atoms with Crippen molar-refractivity contribution in [3.05, 3.63) is 41.0 Å². The second-order valence-corrected chi connectivity index (χ2v) is 7.23. The normalized spacial score (nSPS) is 19.3. The minimum absolute atomic E-state index is 0.0189. The van der Waals surface area contributed by atoms with Crippen molar-refractivity contribution < 1.29 is 9.18 Å². The third-order valence-corrected chi connectivity index (χ3v) is 5.22. The molecular weight excluding hydrogens is 359 g/mol. The smallest absolute Gasteiger partial charge is 0.252 e. The Kier molecular flexibility index (Phi) is 6.08. The molecule has 28 heavy (non-hydrogen) atoms. The maximum atomic E-state index is 14.6. The molecule has 2 aromatic rings. The molecule has 1 saturated carbocycles. The Hall–Kier alpha value is -2.74. The molecule has 2 aromatic heterocycles. The molecule has 1 aliphatic rings. The average Bonchev–Trinajstić information content (AvgIpc) is 2.67. The van der Waals surface area contributed by atoms with E-state index in [1.165, 1.54) is 0 Å². The van der Waals surface area contributed by atoms with Crippen LogP contribution in [0.4, 0.5) is 21.7 Å².